The van der Waals surface area contributed by atoms with E-state index in [4.69, 9.17) is 9.47 Å². The molecule has 0 bridgehead atoms. The number of hydrogen-bond acceptors (Lipinski definition) is 2. The monoisotopic (exact) mass is 229 g/mol. The van der Waals surface area contributed by atoms with E-state index in [0.29, 0.717) is 12.8 Å². The van der Waals surface area contributed by atoms with E-state index in [1.54, 1.807) is 0 Å². The molecule has 0 radical (unpaired) electrons. The molecule has 2 N–H and O–H groups in total. The fourth-order valence-corrected chi connectivity index (χ4v) is 1.56. The lowest BCUT2D eigenvalue weighted by Crippen LogP contribution is -3.00. The van der Waals surface area contributed by atoms with E-state index in [-0.39, 0.29) is 12.4 Å². The second-order valence-electron chi connectivity index (χ2n) is 3.70. The first-order valence-electron chi connectivity index (χ1n) is 4.97. The average Bonchev–Trinajstić information content (AvgIpc) is 2.64. The van der Waals surface area contributed by atoms with Crippen LogP contribution < -0.4 is 27.2 Å². The Labute approximate surface area is 96.2 Å². The zero-order valence-electron chi connectivity index (χ0n) is 9.00. The molecule has 0 aliphatic carbocycles. The molecule has 0 saturated carbocycles. The molecule has 0 saturated heterocycles. The summed E-state index contributed by atoms with van der Waals surface area (Å²) in [6.07, 6.45) is 1.06. The van der Waals surface area contributed by atoms with E-state index in [9.17, 15) is 0 Å². The highest BCUT2D eigenvalue weighted by Crippen LogP contribution is 2.32. The number of rotatable bonds is 3. The van der Waals surface area contributed by atoms with Crippen LogP contribution in [0.2, 0.25) is 0 Å². The molecule has 1 aliphatic rings. The van der Waals surface area contributed by atoms with Crippen LogP contribution in [0.25, 0.3) is 0 Å². The number of likely N-dealkylation sites (N-methyl/N-ethyl adjacent to an activating group) is 1. The van der Waals surface area contributed by atoms with Gasteiger partial charge in [-0.15, -0.1) is 0 Å². The number of halogens is 1. The smallest absolute Gasteiger partial charge is 0.231 e. The lowest BCUT2D eigenvalue weighted by Gasteiger charge is -2.07. The predicted octanol–water partition coefficient (Wildman–Crippen LogP) is -2.46. The molecule has 1 heterocycles. The first-order valence-corrected chi connectivity index (χ1v) is 4.97. The number of hydrogen-bond donors (Lipinski definition) is 1. The maximum atomic E-state index is 5.32. The summed E-state index contributed by atoms with van der Waals surface area (Å²) in [5.74, 6) is 1.74. The Kier molecular flexibility index (Phi) is 4.24. The van der Waals surface area contributed by atoms with Gasteiger partial charge in [0.25, 0.3) is 0 Å². The van der Waals surface area contributed by atoms with Gasteiger partial charge in [-0.1, -0.05) is 6.07 Å². The van der Waals surface area contributed by atoms with E-state index in [1.807, 2.05) is 6.07 Å². The number of benzene rings is 1. The van der Waals surface area contributed by atoms with Gasteiger partial charge in [-0.25, -0.2) is 0 Å². The Bertz CT molecular complexity index is 330. The Hall–Kier alpha value is -0.930. The molecule has 3 nitrogen and oxygen atoms in total. The van der Waals surface area contributed by atoms with Crippen LogP contribution in [-0.4, -0.2) is 19.9 Å². The summed E-state index contributed by atoms with van der Waals surface area (Å²) in [6.45, 7) is 2.57. The van der Waals surface area contributed by atoms with Gasteiger partial charge in [0.1, 0.15) is 0 Å². The first-order chi connectivity index (χ1) is 6.79. The van der Waals surface area contributed by atoms with Crippen LogP contribution in [0.5, 0.6) is 11.5 Å². The SMILES string of the molecule is C[NH2+]C(C)Cc1ccc2c(c1)OCO2.[Cl-]. The van der Waals surface area contributed by atoms with Crippen LogP contribution in [0, 0.1) is 0 Å². The van der Waals surface area contributed by atoms with Gasteiger partial charge in [-0.05, 0) is 24.6 Å². The van der Waals surface area contributed by atoms with Gasteiger partial charge >= 0.3 is 0 Å². The highest BCUT2D eigenvalue weighted by atomic mass is 35.5. The minimum atomic E-state index is 0. The van der Waals surface area contributed by atoms with Gasteiger partial charge < -0.3 is 27.2 Å². The molecule has 15 heavy (non-hydrogen) atoms. The maximum Gasteiger partial charge on any atom is 0.231 e. The van der Waals surface area contributed by atoms with Gasteiger partial charge in [0.2, 0.25) is 6.79 Å². The van der Waals surface area contributed by atoms with Crippen LogP contribution in [0.3, 0.4) is 0 Å². The Balaban J connectivity index is 0.00000112. The first kappa shape index (κ1) is 12.1. The van der Waals surface area contributed by atoms with Crippen molar-refractivity contribution in [3.63, 3.8) is 0 Å². The average molecular weight is 230 g/mol. The van der Waals surface area contributed by atoms with Crippen molar-refractivity contribution in [2.24, 2.45) is 0 Å². The maximum absolute atomic E-state index is 5.32. The Morgan fingerprint density at radius 1 is 1.33 bits per heavy atom. The standard InChI is InChI=1S/C11H15NO2.ClH/c1-8(12-2)5-9-3-4-10-11(6-9)14-7-13-10;/h3-4,6,8,12H,5,7H2,1-2H3;1H. The molecule has 4 heteroatoms. The van der Waals surface area contributed by atoms with Crippen LogP contribution in [0.15, 0.2) is 18.2 Å². The minimum absolute atomic E-state index is 0. The molecular formula is C11H16ClNO2. The summed E-state index contributed by atoms with van der Waals surface area (Å²) in [4.78, 5) is 0. The van der Waals surface area contributed by atoms with Crippen molar-refractivity contribution in [2.45, 2.75) is 19.4 Å². The van der Waals surface area contributed by atoms with Gasteiger partial charge in [-0.3, -0.25) is 0 Å². The molecule has 1 unspecified atom stereocenters. The molecular weight excluding hydrogens is 214 g/mol. The third-order valence-electron chi connectivity index (χ3n) is 2.56. The minimum Gasteiger partial charge on any atom is -1.00 e. The van der Waals surface area contributed by atoms with E-state index in [0.717, 1.165) is 17.9 Å². The van der Waals surface area contributed by atoms with E-state index >= 15 is 0 Å². The molecule has 0 spiro atoms. The van der Waals surface area contributed by atoms with Crippen LogP contribution >= 0.6 is 0 Å². The second kappa shape index (κ2) is 5.24. The molecule has 1 atom stereocenters. The second-order valence-corrected chi connectivity index (χ2v) is 3.70. The summed E-state index contributed by atoms with van der Waals surface area (Å²) >= 11 is 0. The molecule has 1 aliphatic heterocycles. The van der Waals surface area contributed by atoms with Crippen molar-refractivity contribution in [3.05, 3.63) is 23.8 Å². The van der Waals surface area contributed by atoms with E-state index in [2.05, 4.69) is 31.4 Å². The molecule has 1 aromatic carbocycles. The third-order valence-corrected chi connectivity index (χ3v) is 2.56. The fourth-order valence-electron chi connectivity index (χ4n) is 1.56. The zero-order valence-corrected chi connectivity index (χ0v) is 9.75. The van der Waals surface area contributed by atoms with Crippen molar-refractivity contribution in [1.29, 1.82) is 0 Å². The summed E-state index contributed by atoms with van der Waals surface area (Å²) in [6, 6.07) is 6.77. The molecule has 2 rings (SSSR count). The van der Waals surface area contributed by atoms with E-state index in [1.165, 1.54) is 5.56 Å². The van der Waals surface area contributed by atoms with Crippen molar-refractivity contribution in [2.75, 3.05) is 13.8 Å². The Morgan fingerprint density at radius 2 is 2.07 bits per heavy atom. The number of quaternary nitrogens is 1. The fraction of sp³-hybridized carbons (Fsp3) is 0.455. The Morgan fingerprint density at radius 3 is 2.80 bits per heavy atom. The third kappa shape index (κ3) is 2.76. The largest absolute Gasteiger partial charge is 1.00 e. The van der Waals surface area contributed by atoms with Crippen LogP contribution in [0.1, 0.15) is 12.5 Å². The summed E-state index contributed by atoms with van der Waals surface area (Å²) in [7, 11) is 2.09. The summed E-state index contributed by atoms with van der Waals surface area (Å²) in [5, 5.41) is 2.21. The molecule has 0 amide bonds. The van der Waals surface area contributed by atoms with Crippen molar-refractivity contribution >= 4 is 0 Å². The molecule has 0 aromatic heterocycles. The van der Waals surface area contributed by atoms with Crippen molar-refractivity contribution < 1.29 is 27.2 Å². The van der Waals surface area contributed by atoms with Crippen molar-refractivity contribution in [3.8, 4) is 11.5 Å². The molecule has 1 aromatic rings. The highest BCUT2D eigenvalue weighted by Gasteiger charge is 2.14. The van der Waals surface area contributed by atoms with Crippen molar-refractivity contribution in [1.82, 2.24) is 0 Å². The van der Waals surface area contributed by atoms with Crippen LogP contribution in [0.4, 0.5) is 0 Å². The normalized spacial score (nSPS) is 14.5. The van der Waals surface area contributed by atoms with Gasteiger partial charge in [0.15, 0.2) is 11.5 Å². The van der Waals surface area contributed by atoms with E-state index < -0.39 is 0 Å². The van der Waals surface area contributed by atoms with Gasteiger partial charge in [0, 0.05) is 6.42 Å². The number of ether oxygens (including phenoxy) is 2. The topological polar surface area (TPSA) is 35.1 Å². The van der Waals surface area contributed by atoms with Gasteiger partial charge in [-0.2, -0.15) is 0 Å². The molecule has 0 fully saturated rings. The lowest BCUT2D eigenvalue weighted by molar-refractivity contribution is -0.659. The summed E-state index contributed by atoms with van der Waals surface area (Å²) < 4.78 is 10.6. The molecule has 84 valence electrons. The lowest BCUT2D eigenvalue weighted by atomic mass is 10.1. The number of fused-ring (bicyclic) bond motifs is 1. The summed E-state index contributed by atoms with van der Waals surface area (Å²) in [5.41, 5.74) is 1.31. The predicted molar refractivity (Wildman–Crippen MR) is 53.6 cm³/mol. The number of nitrogens with two attached hydrogens (primary N) is 1. The highest BCUT2D eigenvalue weighted by molar-refractivity contribution is 5.44. The van der Waals surface area contributed by atoms with Crippen LogP contribution in [-0.2, 0) is 6.42 Å². The van der Waals surface area contributed by atoms with Gasteiger partial charge in [0.05, 0.1) is 13.1 Å². The zero-order chi connectivity index (χ0) is 9.97. The quantitative estimate of drug-likeness (QED) is 0.625.